The Bertz CT molecular complexity index is 914. The van der Waals surface area contributed by atoms with Gasteiger partial charge in [0, 0.05) is 25.2 Å². The standard InChI is InChI=1S/C23H35N5O3/c1-5-16(2)9-8-10-18-13-28(25-17(18)3)23(11-6-7-12-23)15-27-14-19(29)21(30)20(26-27)22(31)24-4/h8,10,14,16,18,29H,5-7,9,11-13,15H2,1-4H3,(H,24,31)/b10-8-. The predicted molar refractivity (Wildman–Crippen MR) is 121 cm³/mol. The van der Waals surface area contributed by atoms with Crippen molar-refractivity contribution in [3.63, 3.8) is 0 Å². The number of carbonyl (C=O) groups excluding carboxylic acids is 1. The van der Waals surface area contributed by atoms with Gasteiger partial charge in [0.05, 0.1) is 18.3 Å². The number of carbonyl (C=O) groups is 1. The third kappa shape index (κ3) is 4.99. The number of aromatic nitrogens is 2. The van der Waals surface area contributed by atoms with Crippen LogP contribution >= 0.6 is 0 Å². The third-order valence-corrected chi connectivity index (χ3v) is 6.72. The van der Waals surface area contributed by atoms with Gasteiger partial charge in [0.15, 0.2) is 11.4 Å². The summed E-state index contributed by atoms with van der Waals surface area (Å²) in [6.07, 6.45) is 12.2. The molecule has 8 heteroatoms. The van der Waals surface area contributed by atoms with Gasteiger partial charge in [-0.15, -0.1) is 0 Å². The molecule has 1 aliphatic heterocycles. The van der Waals surface area contributed by atoms with Gasteiger partial charge in [-0.25, -0.2) is 0 Å². The second kappa shape index (κ2) is 9.66. The molecule has 1 amide bonds. The minimum atomic E-state index is -0.752. The van der Waals surface area contributed by atoms with Crippen LogP contribution in [0, 0.1) is 11.8 Å². The Balaban J connectivity index is 1.82. The molecule has 8 nitrogen and oxygen atoms in total. The molecule has 3 rings (SSSR count). The van der Waals surface area contributed by atoms with Crippen molar-refractivity contribution in [1.82, 2.24) is 20.1 Å². The second-order valence-corrected chi connectivity index (χ2v) is 9.01. The van der Waals surface area contributed by atoms with E-state index in [-0.39, 0.29) is 11.2 Å². The summed E-state index contributed by atoms with van der Waals surface area (Å²) in [6.45, 7) is 7.83. The second-order valence-electron chi connectivity index (χ2n) is 9.01. The van der Waals surface area contributed by atoms with Crippen molar-refractivity contribution in [2.75, 3.05) is 13.6 Å². The van der Waals surface area contributed by atoms with Crippen LogP contribution in [0.1, 0.15) is 69.8 Å². The summed E-state index contributed by atoms with van der Waals surface area (Å²) in [5.74, 6) is -0.0930. The summed E-state index contributed by atoms with van der Waals surface area (Å²) in [5.41, 5.74) is -0.177. The maximum Gasteiger partial charge on any atom is 0.275 e. The van der Waals surface area contributed by atoms with Crippen molar-refractivity contribution in [1.29, 1.82) is 0 Å². The molecule has 1 aliphatic carbocycles. The lowest BCUT2D eigenvalue weighted by Gasteiger charge is -2.38. The van der Waals surface area contributed by atoms with Crippen molar-refractivity contribution < 1.29 is 9.90 Å². The maximum absolute atomic E-state index is 12.1. The molecule has 2 heterocycles. The smallest absolute Gasteiger partial charge is 0.275 e. The molecule has 0 aromatic carbocycles. The van der Waals surface area contributed by atoms with Gasteiger partial charge in [0.2, 0.25) is 0 Å². The van der Waals surface area contributed by atoms with Gasteiger partial charge < -0.3 is 10.4 Å². The summed E-state index contributed by atoms with van der Waals surface area (Å²) < 4.78 is 1.53. The minimum Gasteiger partial charge on any atom is -0.503 e. The van der Waals surface area contributed by atoms with Gasteiger partial charge >= 0.3 is 0 Å². The lowest BCUT2D eigenvalue weighted by molar-refractivity contribution is 0.0801. The summed E-state index contributed by atoms with van der Waals surface area (Å²) in [4.78, 5) is 24.2. The van der Waals surface area contributed by atoms with Gasteiger partial charge in [0.1, 0.15) is 0 Å². The molecule has 2 N–H and O–H groups in total. The summed E-state index contributed by atoms with van der Waals surface area (Å²) in [5, 5.41) is 23.8. The van der Waals surface area contributed by atoms with Crippen molar-refractivity contribution in [2.24, 2.45) is 16.9 Å². The van der Waals surface area contributed by atoms with Crippen LogP contribution in [0.3, 0.4) is 0 Å². The zero-order chi connectivity index (χ0) is 22.6. The Kier molecular flexibility index (Phi) is 7.18. The molecule has 2 aliphatic rings. The fraction of sp³-hybridized carbons (Fsp3) is 0.652. The van der Waals surface area contributed by atoms with Gasteiger partial charge in [-0.1, -0.05) is 45.3 Å². The van der Waals surface area contributed by atoms with E-state index in [0.29, 0.717) is 18.4 Å². The highest BCUT2D eigenvalue weighted by Crippen LogP contribution is 2.39. The van der Waals surface area contributed by atoms with Crippen LogP contribution in [0.15, 0.2) is 28.2 Å². The normalized spacial score (nSPS) is 21.5. The van der Waals surface area contributed by atoms with Gasteiger partial charge in [-0.05, 0) is 32.1 Å². The van der Waals surface area contributed by atoms with E-state index >= 15 is 0 Å². The number of nitrogens with one attached hydrogen (secondary N) is 1. The molecule has 0 saturated heterocycles. The summed E-state index contributed by atoms with van der Waals surface area (Å²) in [7, 11) is 1.44. The average Bonchev–Trinajstić information content (AvgIpc) is 3.37. The number of hydrazone groups is 1. The number of nitrogens with zero attached hydrogens (tertiary/aromatic N) is 4. The highest BCUT2D eigenvalue weighted by atomic mass is 16.3. The Labute approximate surface area is 184 Å². The molecule has 2 unspecified atom stereocenters. The first-order valence-corrected chi connectivity index (χ1v) is 11.3. The lowest BCUT2D eigenvalue weighted by atomic mass is 9.95. The molecule has 170 valence electrons. The fourth-order valence-electron chi connectivity index (χ4n) is 4.47. The first-order valence-electron chi connectivity index (χ1n) is 11.3. The van der Waals surface area contributed by atoms with Gasteiger partial charge in [0.25, 0.3) is 11.3 Å². The molecule has 1 aromatic rings. The van der Waals surface area contributed by atoms with Crippen LogP contribution < -0.4 is 10.7 Å². The molecule has 1 saturated carbocycles. The SMILES string of the molecule is CCC(C)C/C=C\C1CN(C2(Cn3cc(O)c(=O)c(C(=O)NC)n3)CCCC2)N=C1C. The minimum absolute atomic E-state index is 0.241. The predicted octanol–water partition coefficient (Wildman–Crippen LogP) is 2.92. The van der Waals surface area contributed by atoms with E-state index in [2.05, 4.69) is 48.3 Å². The van der Waals surface area contributed by atoms with Crippen molar-refractivity contribution in [2.45, 2.75) is 71.4 Å². The molecule has 31 heavy (non-hydrogen) atoms. The van der Waals surface area contributed by atoms with Crippen LogP contribution in [-0.4, -0.2) is 50.6 Å². The highest BCUT2D eigenvalue weighted by molar-refractivity contribution is 5.92. The van der Waals surface area contributed by atoms with Crippen LogP contribution in [0.25, 0.3) is 0 Å². The first kappa shape index (κ1) is 23.0. The van der Waals surface area contributed by atoms with E-state index < -0.39 is 17.1 Å². The van der Waals surface area contributed by atoms with Gasteiger partial charge in [-0.3, -0.25) is 19.3 Å². The fourth-order valence-corrected chi connectivity index (χ4v) is 4.47. The van der Waals surface area contributed by atoms with Crippen molar-refractivity contribution in [3.05, 3.63) is 34.3 Å². The van der Waals surface area contributed by atoms with Crippen LogP contribution in [-0.2, 0) is 6.54 Å². The van der Waals surface area contributed by atoms with Crippen molar-refractivity contribution >= 4 is 11.6 Å². The Morgan fingerprint density at radius 3 is 2.77 bits per heavy atom. The summed E-state index contributed by atoms with van der Waals surface area (Å²) in [6, 6.07) is 0. The quantitative estimate of drug-likeness (QED) is 0.619. The molecule has 0 radical (unpaired) electrons. The Morgan fingerprint density at radius 1 is 1.42 bits per heavy atom. The zero-order valence-electron chi connectivity index (χ0n) is 19.1. The monoisotopic (exact) mass is 429 g/mol. The Hall–Kier alpha value is -2.64. The molecule has 1 fully saturated rings. The topological polar surface area (TPSA) is 99.8 Å². The van der Waals surface area contributed by atoms with E-state index in [1.165, 1.54) is 24.3 Å². The van der Waals surface area contributed by atoms with E-state index in [4.69, 9.17) is 5.10 Å². The van der Waals surface area contributed by atoms with Crippen molar-refractivity contribution in [3.8, 4) is 5.75 Å². The Morgan fingerprint density at radius 2 is 2.13 bits per heavy atom. The van der Waals surface area contributed by atoms with Gasteiger partial charge in [-0.2, -0.15) is 10.2 Å². The number of hydrogen-bond donors (Lipinski definition) is 2. The van der Waals surface area contributed by atoms with Crippen LogP contribution in [0.5, 0.6) is 5.75 Å². The number of allylic oxidation sites excluding steroid dienone is 1. The number of rotatable bonds is 8. The molecule has 0 spiro atoms. The number of amides is 1. The largest absolute Gasteiger partial charge is 0.503 e. The van der Waals surface area contributed by atoms with Crippen LogP contribution in [0.2, 0.25) is 0 Å². The highest BCUT2D eigenvalue weighted by Gasteiger charge is 2.43. The first-order chi connectivity index (χ1) is 14.8. The molecule has 1 aromatic heterocycles. The lowest BCUT2D eigenvalue weighted by Crippen LogP contribution is -2.47. The average molecular weight is 430 g/mol. The number of hydrogen-bond acceptors (Lipinski definition) is 6. The third-order valence-electron chi connectivity index (χ3n) is 6.72. The zero-order valence-corrected chi connectivity index (χ0v) is 19.1. The molecular weight excluding hydrogens is 394 g/mol. The molecule has 2 atom stereocenters. The van der Waals surface area contributed by atoms with E-state index in [1.807, 2.05) is 0 Å². The van der Waals surface area contributed by atoms with E-state index in [0.717, 1.165) is 44.4 Å². The maximum atomic E-state index is 12.1. The summed E-state index contributed by atoms with van der Waals surface area (Å²) >= 11 is 0. The molecular formula is C23H35N5O3. The molecule has 0 bridgehead atoms. The van der Waals surface area contributed by atoms with E-state index in [1.54, 1.807) is 0 Å². The number of aromatic hydroxyl groups is 1. The van der Waals surface area contributed by atoms with E-state index in [9.17, 15) is 14.7 Å². The van der Waals surface area contributed by atoms with Crippen LogP contribution in [0.4, 0.5) is 0 Å².